The van der Waals surface area contributed by atoms with E-state index in [2.05, 4.69) is 5.32 Å². The van der Waals surface area contributed by atoms with Crippen LogP contribution in [0.4, 0.5) is 17.1 Å². The minimum atomic E-state index is -0.512. The number of carbonyl (C=O) groups excluding carboxylic acids is 1. The Bertz CT molecular complexity index is 1070. The minimum Gasteiger partial charge on any atom is -0.496 e. The number of carbonyl (C=O) groups is 1. The highest BCUT2D eigenvalue weighted by Gasteiger charge is 2.18. The van der Waals surface area contributed by atoms with E-state index in [0.29, 0.717) is 17.8 Å². The van der Waals surface area contributed by atoms with Gasteiger partial charge in [0.15, 0.2) is 0 Å². The number of nitrogens with zero attached hydrogens (tertiary/aromatic N) is 2. The molecule has 0 fully saturated rings. The van der Waals surface area contributed by atoms with Crippen molar-refractivity contribution in [3.05, 3.63) is 93.5 Å². The molecule has 3 aromatic rings. The first kappa shape index (κ1) is 20.9. The fraction of sp³-hybridized carbons (Fsp3) is 0.174. The summed E-state index contributed by atoms with van der Waals surface area (Å²) in [6, 6.07) is 19.6. The predicted molar refractivity (Wildman–Crippen MR) is 118 cm³/mol. The lowest BCUT2D eigenvalue weighted by molar-refractivity contribution is -0.384. The molecule has 0 aromatic heterocycles. The van der Waals surface area contributed by atoms with Crippen LogP contribution in [0.3, 0.4) is 0 Å². The predicted octanol–water partition coefficient (Wildman–Crippen LogP) is 4.51. The van der Waals surface area contributed by atoms with Crippen molar-refractivity contribution in [1.29, 1.82) is 0 Å². The Balaban J connectivity index is 1.91. The molecule has 0 radical (unpaired) electrons. The van der Waals surface area contributed by atoms with Crippen molar-refractivity contribution in [2.45, 2.75) is 6.42 Å². The Morgan fingerprint density at radius 3 is 2.43 bits per heavy atom. The third kappa shape index (κ3) is 4.75. The Morgan fingerprint density at radius 1 is 1.07 bits per heavy atom. The van der Waals surface area contributed by atoms with E-state index in [9.17, 15) is 14.9 Å². The number of methoxy groups -OCH3 is 1. The standard InChI is InChI=1S/C23H23N3O4/c1-25(2)21-11-10-19(26(28)29)15-20(21)23(27)24-18-9-12-22(30-3)17(14-18)13-16-7-5-4-6-8-16/h4-12,14-15H,13H2,1-3H3,(H,24,27). The number of amides is 1. The molecule has 3 aromatic carbocycles. The highest BCUT2D eigenvalue weighted by Crippen LogP contribution is 2.28. The first-order chi connectivity index (χ1) is 14.4. The number of nitrogens with one attached hydrogen (secondary N) is 1. The lowest BCUT2D eigenvalue weighted by Crippen LogP contribution is -2.19. The molecule has 0 aliphatic heterocycles. The van der Waals surface area contributed by atoms with Crippen LogP contribution in [0, 0.1) is 10.1 Å². The maximum absolute atomic E-state index is 12.9. The molecule has 0 spiro atoms. The molecule has 154 valence electrons. The molecule has 0 bridgehead atoms. The van der Waals surface area contributed by atoms with E-state index in [1.165, 1.54) is 12.1 Å². The molecular formula is C23H23N3O4. The Hall–Kier alpha value is -3.87. The molecule has 0 aliphatic carbocycles. The summed E-state index contributed by atoms with van der Waals surface area (Å²) in [4.78, 5) is 25.3. The van der Waals surface area contributed by atoms with Gasteiger partial charge < -0.3 is 15.0 Å². The number of nitro groups is 1. The van der Waals surface area contributed by atoms with E-state index in [-0.39, 0.29) is 11.3 Å². The number of ether oxygens (including phenoxy) is 1. The van der Waals surface area contributed by atoms with Crippen LogP contribution in [-0.4, -0.2) is 32.0 Å². The summed E-state index contributed by atoms with van der Waals surface area (Å²) in [5.74, 6) is 0.305. The third-order valence-electron chi connectivity index (χ3n) is 4.69. The van der Waals surface area contributed by atoms with Crippen molar-refractivity contribution in [1.82, 2.24) is 0 Å². The number of benzene rings is 3. The summed E-state index contributed by atoms with van der Waals surface area (Å²) in [5.41, 5.74) is 3.32. The average Bonchev–Trinajstić information content (AvgIpc) is 2.74. The van der Waals surface area contributed by atoms with Crippen molar-refractivity contribution >= 4 is 23.0 Å². The van der Waals surface area contributed by atoms with Gasteiger partial charge in [-0.05, 0) is 29.8 Å². The van der Waals surface area contributed by atoms with Crippen LogP contribution in [-0.2, 0) is 6.42 Å². The van der Waals surface area contributed by atoms with Gasteiger partial charge in [-0.2, -0.15) is 0 Å². The molecule has 0 saturated heterocycles. The maximum Gasteiger partial charge on any atom is 0.270 e. The van der Waals surface area contributed by atoms with Gasteiger partial charge in [-0.3, -0.25) is 14.9 Å². The molecular weight excluding hydrogens is 382 g/mol. The molecule has 0 atom stereocenters. The molecule has 0 unspecified atom stereocenters. The van der Waals surface area contributed by atoms with Crippen LogP contribution in [0.5, 0.6) is 5.75 Å². The molecule has 0 heterocycles. The Kier molecular flexibility index (Phi) is 6.32. The lowest BCUT2D eigenvalue weighted by Gasteiger charge is -2.17. The smallest absolute Gasteiger partial charge is 0.270 e. The maximum atomic E-state index is 12.9. The van der Waals surface area contributed by atoms with E-state index >= 15 is 0 Å². The topological polar surface area (TPSA) is 84.7 Å². The number of non-ortho nitro benzene ring substituents is 1. The molecule has 3 rings (SSSR count). The van der Waals surface area contributed by atoms with Gasteiger partial charge in [0.2, 0.25) is 0 Å². The monoisotopic (exact) mass is 405 g/mol. The zero-order chi connectivity index (χ0) is 21.7. The fourth-order valence-electron chi connectivity index (χ4n) is 3.22. The van der Waals surface area contributed by atoms with Gasteiger partial charge in [0.1, 0.15) is 5.75 Å². The van der Waals surface area contributed by atoms with E-state index in [4.69, 9.17) is 4.74 Å². The third-order valence-corrected chi connectivity index (χ3v) is 4.69. The Morgan fingerprint density at radius 2 is 1.80 bits per heavy atom. The van der Waals surface area contributed by atoms with E-state index in [0.717, 1.165) is 16.9 Å². The average molecular weight is 405 g/mol. The summed E-state index contributed by atoms with van der Waals surface area (Å²) in [6.45, 7) is 0. The number of rotatable bonds is 7. The van der Waals surface area contributed by atoms with Crippen molar-refractivity contribution in [3.8, 4) is 5.75 Å². The quantitative estimate of drug-likeness (QED) is 0.462. The second-order valence-corrected chi connectivity index (χ2v) is 7.00. The number of nitro benzene ring substituents is 1. The van der Waals surface area contributed by atoms with Gasteiger partial charge in [0, 0.05) is 49.6 Å². The van der Waals surface area contributed by atoms with Crippen molar-refractivity contribution in [2.24, 2.45) is 0 Å². The summed E-state index contributed by atoms with van der Waals surface area (Å²) < 4.78 is 5.46. The first-order valence-corrected chi connectivity index (χ1v) is 9.37. The molecule has 7 heteroatoms. The van der Waals surface area contributed by atoms with Gasteiger partial charge in [-0.25, -0.2) is 0 Å². The molecule has 1 N–H and O–H groups in total. The largest absolute Gasteiger partial charge is 0.496 e. The summed E-state index contributed by atoms with van der Waals surface area (Å²) >= 11 is 0. The number of hydrogen-bond donors (Lipinski definition) is 1. The van der Waals surface area contributed by atoms with Crippen molar-refractivity contribution < 1.29 is 14.5 Å². The van der Waals surface area contributed by atoms with Gasteiger partial charge in [-0.15, -0.1) is 0 Å². The van der Waals surface area contributed by atoms with E-state index in [1.807, 2.05) is 36.4 Å². The van der Waals surface area contributed by atoms with Gasteiger partial charge >= 0.3 is 0 Å². The zero-order valence-corrected chi connectivity index (χ0v) is 17.1. The number of anilines is 2. The molecule has 1 amide bonds. The highest BCUT2D eigenvalue weighted by molar-refractivity contribution is 6.08. The molecule has 30 heavy (non-hydrogen) atoms. The zero-order valence-electron chi connectivity index (χ0n) is 17.1. The van der Waals surface area contributed by atoms with Gasteiger partial charge in [0.25, 0.3) is 11.6 Å². The van der Waals surface area contributed by atoms with Crippen LogP contribution in [0.25, 0.3) is 0 Å². The second-order valence-electron chi connectivity index (χ2n) is 7.00. The normalized spacial score (nSPS) is 10.4. The van der Waals surface area contributed by atoms with E-state index < -0.39 is 10.8 Å². The molecule has 0 aliphatic rings. The van der Waals surface area contributed by atoms with Crippen molar-refractivity contribution in [2.75, 3.05) is 31.4 Å². The molecule has 0 saturated carbocycles. The van der Waals surface area contributed by atoms with Crippen LogP contribution < -0.4 is 15.0 Å². The van der Waals surface area contributed by atoms with Crippen LogP contribution >= 0.6 is 0 Å². The van der Waals surface area contributed by atoms with Crippen LogP contribution in [0.2, 0.25) is 0 Å². The molecule has 7 nitrogen and oxygen atoms in total. The van der Waals surface area contributed by atoms with Gasteiger partial charge in [-0.1, -0.05) is 30.3 Å². The fourth-order valence-corrected chi connectivity index (χ4v) is 3.22. The van der Waals surface area contributed by atoms with Crippen LogP contribution in [0.15, 0.2) is 66.7 Å². The van der Waals surface area contributed by atoms with E-state index in [1.54, 1.807) is 44.3 Å². The first-order valence-electron chi connectivity index (χ1n) is 9.37. The van der Waals surface area contributed by atoms with Crippen LogP contribution in [0.1, 0.15) is 21.5 Å². The second kappa shape index (κ2) is 9.09. The highest BCUT2D eigenvalue weighted by atomic mass is 16.6. The number of hydrogen-bond acceptors (Lipinski definition) is 5. The lowest BCUT2D eigenvalue weighted by atomic mass is 10.0. The summed E-state index contributed by atoms with van der Waals surface area (Å²) in [5, 5.41) is 14.0. The SMILES string of the molecule is COc1ccc(NC(=O)c2cc([N+](=O)[O-])ccc2N(C)C)cc1Cc1ccccc1. The van der Waals surface area contributed by atoms with Gasteiger partial charge in [0.05, 0.1) is 17.6 Å². The summed E-state index contributed by atoms with van der Waals surface area (Å²) in [6.07, 6.45) is 0.646. The van der Waals surface area contributed by atoms with Crippen molar-refractivity contribution in [3.63, 3.8) is 0 Å². The minimum absolute atomic E-state index is 0.134. The summed E-state index contributed by atoms with van der Waals surface area (Å²) in [7, 11) is 5.17. The Labute approximate surface area is 175 Å².